The first-order chi connectivity index (χ1) is 5.04. The van der Waals surface area contributed by atoms with Crippen molar-refractivity contribution in [3.63, 3.8) is 0 Å². The highest BCUT2D eigenvalue weighted by molar-refractivity contribution is 9.11. The molecule has 0 fully saturated rings. The van der Waals surface area contributed by atoms with E-state index >= 15 is 0 Å². The van der Waals surface area contributed by atoms with Crippen molar-refractivity contribution >= 4 is 44.5 Å². The lowest BCUT2D eigenvalue weighted by molar-refractivity contribution is 0.566. The maximum atomic E-state index is 12.9. The molecule has 0 radical (unpaired) electrons. The number of rotatable bonds is 0. The minimum Gasteiger partial charge on any atom is -0.206 e. The fourth-order valence-corrected chi connectivity index (χ4v) is 1.79. The fourth-order valence-electron chi connectivity index (χ4n) is 0.557. The van der Waals surface area contributed by atoms with Crippen molar-refractivity contribution in [3.05, 3.63) is 26.6 Å². The van der Waals surface area contributed by atoms with Crippen molar-refractivity contribution in [2.45, 2.75) is 4.90 Å². The highest BCUT2D eigenvalue weighted by atomic mass is 79.9. The Balaban J connectivity index is 3.46. The van der Waals surface area contributed by atoms with Crippen LogP contribution in [0.25, 0.3) is 0 Å². The quantitative estimate of drug-likeness (QED) is 0.421. The van der Waals surface area contributed by atoms with Crippen LogP contribution in [0, 0.1) is 11.6 Å². The summed E-state index contributed by atoms with van der Waals surface area (Å²) in [5.41, 5.74) is 0. The summed E-state index contributed by atoms with van der Waals surface area (Å²) in [7, 11) is 0. The number of halogens is 4. The predicted octanol–water partition coefficient (Wildman–Crippen LogP) is 3.78. The van der Waals surface area contributed by atoms with Gasteiger partial charge < -0.3 is 0 Å². The van der Waals surface area contributed by atoms with Crippen molar-refractivity contribution in [1.82, 2.24) is 0 Å². The molecule has 0 saturated carbocycles. The van der Waals surface area contributed by atoms with Crippen LogP contribution >= 0.6 is 44.5 Å². The summed E-state index contributed by atoms with van der Waals surface area (Å²) in [4.78, 5) is -0.0225. The van der Waals surface area contributed by atoms with Gasteiger partial charge in [-0.3, -0.25) is 0 Å². The normalized spacial score (nSPS) is 10.3. The van der Waals surface area contributed by atoms with Gasteiger partial charge in [0, 0.05) is 0 Å². The van der Waals surface area contributed by atoms with E-state index < -0.39 is 11.6 Å². The molecule has 0 spiro atoms. The van der Waals surface area contributed by atoms with E-state index in [4.69, 9.17) is 0 Å². The molecule has 1 aromatic carbocycles. The van der Waals surface area contributed by atoms with Gasteiger partial charge in [0.05, 0.1) is 13.8 Å². The molecule has 0 aliphatic carbocycles. The monoisotopic (exact) mass is 302 g/mol. The first-order valence-electron chi connectivity index (χ1n) is 2.56. The summed E-state index contributed by atoms with van der Waals surface area (Å²) in [6.45, 7) is 0. The Hall–Kier alpha value is 0.390. The summed E-state index contributed by atoms with van der Waals surface area (Å²) in [5.74, 6) is -1.11. The van der Waals surface area contributed by atoms with E-state index in [1.807, 2.05) is 0 Å². The first-order valence-corrected chi connectivity index (χ1v) is 4.59. The Morgan fingerprint density at radius 1 is 1.27 bits per heavy atom. The molecule has 60 valence electrons. The van der Waals surface area contributed by atoms with Crippen LogP contribution in [0.3, 0.4) is 0 Å². The number of hydrogen-bond acceptors (Lipinski definition) is 1. The molecule has 0 saturated heterocycles. The minimum atomic E-state index is -0.562. The van der Waals surface area contributed by atoms with Gasteiger partial charge in [0.1, 0.15) is 5.82 Å². The molecular weight excluding hydrogens is 302 g/mol. The third-order valence-corrected chi connectivity index (χ3v) is 3.16. The summed E-state index contributed by atoms with van der Waals surface area (Å²) < 4.78 is 25.7. The Labute approximate surface area is 84.7 Å². The van der Waals surface area contributed by atoms with Crippen molar-refractivity contribution < 1.29 is 8.78 Å². The van der Waals surface area contributed by atoms with Gasteiger partial charge in [-0.15, -0.1) is 12.6 Å². The molecule has 0 atom stereocenters. The Kier molecular flexibility index (Phi) is 2.94. The van der Waals surface area contributed by atoms with Gasteiger partial charge in [-0.25, -0.2) is 8.78 Å². The Morgan fingerprint density at radius 3 is 2.36 bits per heavy atom. The number of benzene rings is 1. The van der Waals surface area contributed by atoms with Crippen LogP contribution < -0.4 is 0 Å². The van der Waals surface area contributed by atoms with Crippen molar-refractivity contribution in [2.24, 2.45) is 0 Å². The highest BCUT2D eigenvalue weighted by Gasteiger charge is 2.11. The summed E-state index contributed by atoms with van der Waals surface area (Å²) in [6, 6.07) is 1.03. The van der Waals surface area contributed by atoms with Crippen molar-refractivity contribution in [2.75, 3.05) is 0 Å². The average Bonchev–Trinajstić information content (AvgIpc) is 1.97. The molecular formula is C6H2Br2F2S. The first kappa shape index (κ1) is 9.48. The summed E-state index contributed by atoms with van der Waals surface area (Å²) >= 11 is 9.46. The molecule has 11 heavy (non-hydrogen) atoms. The van der Waals surface area contributed by atoms with E-state index in [1.54, 1.807) is 0 Å². The predicted molar refractivity (Wildman–Crippen MR) is 49.0 cm³/mol. The zero-order chi connectivity index (χ0) is 8.59. The largest absolute Gasteiger partial charge is 0.206 e. The lowest BCUT2D eigenvalue weighted by atomic mass is 10.3. The maximum Gasteiger partial charge on any atom is 0.152 e. The van der Waals surface area contributed by atoms with Crippen LogP contribution in [0.15, 0.2) is 19.9 Å². The van der Waals surface area contributed by atoms with E-state index in [0.29, 0.717) is 0 Å². The minimum absolute atomic E-state index is 0.0225. The highest BCUT2D eigenvalue weighted by Crippen LogP contribution is 2.31. The molecule has 0 aliphatic rings. The van der Waals surface area contributed by atoms with Gasteiger partial charge in [-0.1, -0.05) is 0 Å². The van der Waals surface area contributed by atoms with E-state index in [1.165, 1.54) is 0 Å². The average molecular weight is 304 g/mol. The van der Waals surface area contributed by atoms with Crippen LogP contribution in [0.4, 0.5) is 8.78 Å². The molecule has 0 unspecified atom stereocenters. The standard InChI is InChI=1S/C6H2Br2F2S/c7-2-1-3(9)6(11)4(8)5(2)10/h1,11H. The molecule has 0 aliphatic heterocycles. The van der Waals surface area contributed by atoms with Gasteiger partial charge in [0.2, 0.25) is 0 Å². The van der Waals surface area contributed by atoms with Crippen molar-refractivity contribution in [1.29, 1.82) is 0 Å². The molecule has 0 bridgehead atoms. The Bertz CT molecular complexity index is 275. The van der Waals surface area contributed by atoms with E-state index in [-0.39, 0.29) is 13.8 Å². The summed E-state index contributed by atoms with van der Waals surface area (Å²) in [6.07, 6.45) is 0. The third-order valence-electron chi connectivity index (χ3n) is 1.09. The molecule has 1 rings (SSSR count). The number of thiol groups is 1. The SMILES string of the molecule is Fc1cc(Br)c(F)c(Br)c1S. The zero-order valence-corrected chi connectivity index (χ0v) is 9.10. The molecule has 0 nitrogen and oxygen atoms in total. The van der Waals surface area contributed by atoms with Gasteiger partial charge in [-0.05, 0) is 37.9 Å². The lowest BCUT2D eigenvalue weighted by Gasteiger charge is -2.01. The van der Waals surface area contributed by atoms with Crippen LogP contribution in [0.1, 0.15) is 0 Å². The van der Waals surface area contributed by atoms with E-state index in [9.17, 15) is 8.78 Å². The molecule has 0 heterocycles. The van der Waals surface area contributed by atoms with Crippen LogP contribution in [0.2, 0.25) is 0 Å². The smallest absolute Gasteiger partial charge is 0.152 e. The van der Waals surface area contributed by atoms with Crippen molar-refractivity contribution in [3.8, 4) is 0 Å². The second-order valence-electron chi connectivity index (χ2n) is 1.82. The third kappa shape index (κ3) is 1.76. The van der Waals surface area contributed by atoms with E-state index in [2.05, 4.69) is 44.5 Å². The van der Waals surface area contributed by atoms with Gasteiger partial charge >= 0.3 is 0 Å². The number of hydrogen-bond donors (Lipinski definition) is 1. The zero-order valence-electron chi connectivity index (χ0n) is 5.04. The maximum absolute atomic E-state index is 12.9. The van der Waals surface area contributed by atoms with Crippen LogP contribution in [-0.2, 0) is 0 Å². The topological polar surface area (TPSA) is 0 Å². The molecule has 5 heteroatoms. The molecule has 0 amide bonds. The van der Waals surface area contributed by atoms with Crippen LogP contribution in [0.5, 0.6) is 0 Å². The second-order valence-corrected chi connectivity index (χ2v) is 3.91. The van der Waals surface area contributed by atoms with Gasteiger partial charge in [-0.2, -0.15) is 0 Å². The fraction of sp³-hybridized carbons (Fsp3) is 0. The van der Waals surface area contributed by atoms with Gasteiger partial charge in [0.15, 0.2) is 5.82 Å². The van der Waals surface area contributed by atoms with Crippen LogP contribution in [-0.4, -0.2) is 0 Å². The lowest BCUT2D eigenvalue weighted by Crippen LogP contribution is -1.86. The molecule has 1 aromatic rings. The molecule has 0 aromatic heterocycles. The van der Waals surface area contributed by atoms with Gasteiger partial charge in [0.25, 0.3) is 0 Å². The Morgan fingerprint density at radius 2 is 1.82 bits per heavy atom. The second kappa shape index (κ2) is 3.41. The van der Waals surface area contributed by atoms with E-state index in [0.717, 1.165) is 6.07 Å². The molecule has 0 N–H and O–H groups in total. The summed E-state index contributed by atoms with van der Waals surface area (Å²) in [5, 5.41) is 0.